The highest BCUT2D eigenvalue weighted by atomic mass is 16.5. The molecule has 1 aromatic carbocycles. The Bertz CT molecular complexity index is 558. The van der Waals surface area contributed by atoms with E-state index in [9.17, 15) is 0 Å². The zero-order valence-corrected chi connectivity index (χ0v) is 17.6. The number of rotatable bonds is 9. The summed E-state index contributed by atoms with van der Waals surface area (Å²) in [7, 11) is 1.71. The monoisotopic (exact) mass is 374 g/mol. The Morgan fingerprint density at radius 2 is 2.04 bits per heavy atom. The first-order chi connectivity index (χ1) is 13.2. The number of hydrogen-bond donors (Lipinski definition) is 2. The van der Waals surface area contributed by atoms with E-state index >= 15 is 0 Å². The number of likely N-dealkylation sites (tertiary alicyclic amines) is 1. The summed E-state index contributed by atoms with van der Waals surface area (Å²) in [6.07, 6.45) is 3.68. The van der Waals surface area contributed by atoms with Crippen LogP contribution in [0.15, 0.2) is 29.3 Å². The van der Waals surface area contributed by atoms with E-state index in [4.69, 9.17) is 9.73 Å². The molecule has 0 saturated carbocycles. The van der Waals surface area contributed by atoms with E-state index < -0.39 is 0 Å². The minimum atomic E-state index is 0.503. The van der Waals surface area contributed by atoms with Crippen LogP contribution in [0.2, 0.25) is 0 Å². The lowest BCUT2D eigenvalue weighted by Crippen LogP contribution is -2.40. The van der Waals surface area contributed by atoms with Crippen molar-refractivity contribution in [3.8, 4) is 5.75 Å². The summed E-state index contributed by atoms with van der Waals surface area (Å²) in [6, 6.07) is 8.39. The summed E-state index contributed by atoms with van der Waals surface area (Å²) in [4.78, 5) is 7.39. The largest absolute Gasteiger partial charge is 0.497 e. The van der Waals surface area contributed by atoms with Crippen LogP contribution in [-0.4, -0.2) is 57.2 Å². The molecule has 0 radical (unpaired) electrons. The maximum Gasteiger partial charge on any atom is 0.191 e. The molecule has 1 aliphatic rings. The van der Waals surface area contributed by atoms with Crippen molar-refractivity contribution < 1.29 is 4.74 Å². The maximum atomic E-state index is 5.24. The Kier molecular flexibility index (Phi) is 9.46. The third-order valence-corrected chi connectivity index (χ3v) is 5.46. The lowest BCUT2D eigenvalue weighted by atomic mass is 9.98. The van der Waals surface area contributed by atoms with Crippen molar-refractivity contribution in [2.24, 2.45) is 10.9 Å². The number of methoxy groups -OCH3 is 1. The minimum Gasteiger partial charge on any atom is -0.497 e. The number of piperidine rings is 1. The van der Waals surface area contributed by atoms with Crippen molar-refractivity contribution in [1.82, 2.24) is 15.5 Å². The highest BCUT2D eigenvalue weighted by molar-refractivity contribution is 5.79. The molecular weight excluding hydrogens is 336 g/mol. The summed E-state index contributed by atoms with van der Waals surface area (Å²) < 4.78 is 5.24. The van der Waals surface area contributed by atoms with Crippen LogP contribution in [0.1, 0.15) is 51.5 Å². The second-order valence-corrected chi connectivity index (χ2v) is 7.51. The molecule has 1 aromatic rings. The van der Waals surface area contributed by atoms with Gasteiger partial charge in [-0.2, -0.15) is 0 Å². The van der Waals surface area contributed by atoms with Crippen LogP contribution in [0.4, 0.5) is 0 Å². The zero-order valence-electron chi connectivity index (χ0n) is 17.6. The van der Waals surface area contributed by atoms with Gasteiger partial charge in [0, 0.05) is 26.2 Å². The number of guanidine groups is 1. The van der Waals surface area contributed by atoms with Crippen LogP contribution in [0.3, 0.4) is 0 Å². The van der Waals surface area contributed by atoms with Gasteiger partial charge in [-0.05, 0) is 68.8 Å². The number of aliphatic imine (C=N–C) groups is 1. The van der Waals surface area contributed by atoms with E-state index in [1.54, 1.807) is 7.11 Å². The van der Waals surface area contributed by atoms with Gasteiger partial charge in [0.1, 0.15) is 5.75 Å². The molecule has 5 heteroatoms. The average molecular weight is 375 g/mol. The summed E-state index contributed by atoms with van der Waals surface area (Å²) in [5, 5.41) is 6.89. The van der Waals surface area contributed by atoms with Gasteiger partial charge in [0.25, 0.3) is 0 Å². The van der Waals surface area contributed by atoms with Gasteiger partial charge in [-0.15, -0.1) is 0 Å². The van der Waals surface area contributed by atoms with Crippen molar-refractivity contribution in [3.63, 3.8) is 0 Å². The van der Waals surface area contributed by atoms with Crippen molar-refractivity contribution in [2.75, 3.05) is 46.4 Å². The molecule has 1 saturated heterocycles. The molecule has 0 spiro atoms. The Labute approximate surface area is 165 Å². The number of nitrogens with one attached hydrogen (secondary N) is 2. The third kappa shape index (κ3) is 7.41. The van der Waals surface area contributed by atoms with Crippen LogP contribution in [0.25, 0.3) is 0 Å². The van der Waals surface area contributed by atoms with E-state index in [1.807, 2.05) is 12.1 Å². The molecule has 2 unspecified atom stereocenters. The van der Waals surface area contributed by atoms with Gasteiger partial charge in [-0.3, -0.25) is 4.99 Å². The van der Waals surface area contributed by atoms with Gasteiger partial charge in [0.15, 0.2) is 5.96 Å². The van der Waals surface area contributed by atoms with E-state index in [2.05, 4.69) is 48.4 Å². The second kappa shape index (κ2) is 11.9. The standard InChI is InChI=1S/C22H38N4O/c1-5-23-22(25-16-19-8-7-15-26(6-2)17-19)24-14-13-18(3)20-9-11-21(27-4)12-10-20/h9-12,18-19H,5-8,13-17H2,1-4H3,(H2,23,24,25). The van der Waals surface area contributed by atoms with Crippen LogP contribution in [0, 0.1) is 5.92 Å². The molecule has 5 nitrogen and oxygen atoms in total. The van der Waals surface area contributed by atoms with E-state index in [0.717, 1.165) is 44.3 Å². The van der Waals surface area contributed by atoms with Crippen LogP contribution in [-0.2, 0) is 0 Å². The minimum absolute atomic E-state index is 0.503. The normalized spacial score (nSPS) is 19.6. The maximum absolute atomic E-state index is 5.24. The molecule has 152 valence electrons. The first-order valence-electron chi connectivity index (χ1n) is 10.5. The van der Waals surface area contributed by atoms with Crippen LogP contribution >= 0.6 is 0 Å². The third-order valence-electron chi connectivity index (χ3n) is 5.46. The average Bonchev–Trinajstić information content (AvgIpc) is 2.72. The molecule has 1 fully saturated rings. The van der Waals surface area contributed by atoms with Crippen LogP contribution in [0.5, 0.6) is 5.75 Å². The highest BCUT2D eigenvalue weighted by Gasteiger charge is 2.18. The molecule has 2 atom stereocenters. The van der Waals surface area contributed by atoms with Crippen LogP contribution < -0.4 is 15.4 Å². The van der Waals surface area contributed by atoms with E-state index in [-0.39, 0.29) is 0 Å². The molecular formula is C22H38N4O. The fraction of sp³-hybridized carbons (Fsp3) is 0.682. The Morgan fingerprint density at radius 1 is 1.26 bits per heavy atom. The molecule has 0 aromatic heterocycles. The Morgan fingerprint density at radius 3 is 2.70 bits per heavy atom. The molecule has 2 N–H and O–H groups in total. The topological polar surface area (TPSA) is 48.9 Å². The molecule has 0 amide bonds. The van der Waals surface area contributed by atoms with Gasteiger partial charge in [0.05, 0.1) is 7.11 Å². The molecule has 0 aliphatic carbocycles. The van der Waals surface area contributed by atoms with Crippen molar-refractivity contribution in [1.29, 1.82) is 0 Å². The molecule has 1 heterocycles. The quantitative estimate of drug-likeness (QED) is 0.513. The van der Waals surface area contributed by atoms with Gasteiger partial charge >= 0.3 is 0 Å². The van der Waals surface area contributed by atoms with Gasteiger partial charge < -0.3 is 20.3 Å². The SMILES string of the molecule is CCNC(=NCC1CCCN(CC)C1)NCCC(C)c1ccc(OC)cc1. The number of hydrogen-bond acceptors (Lipinski definition) is 3. The van der Waals surface area contributed by atoms with E-state index in [0.29, 0.717) is 11.8 Å². The zero-order chi connectivity index (χ0) is 19.5. The summed E-state index contributed by atoms with van der Waals surface area (Å²) >= 11 is 0. The van der Waals surface area contributed by atoms with E-state index in [1.165, 1.54) is 31.5 Å². The summed E-state index contributed by atoms with van der Waals surface area (Å²) in [6.45, 7) is 13.0. The smallest absolute Gasteiger partial charge is 0.191 e. The molecule has 0 bridgehead atoms. The Balaban J connectivity index is 1.78. The first-order valence-corrected chi connectivity index (χ1v) is 10.5. The fourth-order valence-corrected chi connectivity index (χ4v) is 3.66. The lowest BCUT2D eigenvalue weighted by molar-refractivity contribution is 0.186. The molecule has 27 heavy (non-hydrogen) atoms. The number of nitrogens with zero attached hydrogens (tertiary/aromatic N) is 2. The summed E-state index contributed by atoms with van der Waals surface area (Å²) in [5.74, 6) is 3.05. The predicted molar refractivity (Wildman–Crippen MR) is 115 cm³/mol. The lowest BCUT2D eigenvalue weighted by Gasteiger charge is -2.31. The van der Waals surface area contributed by atoms with Gasteiger partial charge in [-0.25, -0.2) is 0 Å². The van der Waals surface area contributed by atoms with Crippen molar-refractivity contribution in [2.45, 2.75) is 46.0 Å². The molecule has 2 rings (SSSR count). The van der Waals surface area contributed by atoms with Crippen molar-refractivity contribution in [3.05, 3.63) is 29.8 Å². The Hall–Kier alpha value is -1.75. The first kappa shape index (κ1) is 21.5. The number of benzene rings is 1. The molecule has 1 aliphatic heterocycles. The fourth-order valence-electron chi connectivity index (χ4n) is 3.66. The number of ether oxygens (including phenoxy) is 1. The van der Waals surface area contributed by atoms with Gasteiger partial charge in [-0.1, -0.05) is 26.0 Å². The predicted octanol–water partition coefficient (Wildman–Crippen LogP) is 3.48. The van der Waals surface area contributed by atoms with Gasteiger partial charge in [0.2, 0.25) is 0 Å². The highest BCUT2D eigenvalue weighted by Crippen LogP contribution is 2.21. The summed E-state index contributed by atoms with van der Waals surface area (Å²) in [5.41, 5.74) is 1.35. The van der Waals surface area contributed by atoms with Crippen molar-refractivity contribution >= 4 is 5.96 Å². The second-order valence-electron chi connectivity index (χ2n) is 7.51.